The van der Waals surface area contributed by atoms with E-state index in [2.05, 4.69) is 17.9 Å². The third-order valence-electron chi connectivity index (χ3n) is 3.48. The average Bonchev–Trinajstić information content (AvgIpc) is 2.70. The third kappa shape index (κ3) is 1.77. The molecule has 0 aromatic heterocycles. The van der Waals surface area contributed by atoms with Crippen LogP contribution in [-0.4, -0.2) is 24.3 Å². The Bertz CT molecular complexity index is 411. The fourth-order valence-corrected chi connectivity index (χ4v) is 2.41. The van der Waals surface area contributed by atoms with Crippen molar-refractivity contribution in [1.82, 2.24) is 0 Å². The fraction of sp³-hybridized carbons (Fsp3) is 0.462. The zero-order valence-electron chi connectivity index (χ0n) is 9.43. The predicted octanol–water partition coefficient (Wildman–Crippen LogP) is 1.77. The third-order valence-corrected chi connectivity index (χ3v) is 3.48. The Morgan fingerprint density at radius 1 is 1.50 bits per heavy atom. The van der Waals surface area contributed by atoms with Gasteiger partial charge in [-0.25, -0.2) is 0 Å². The summed E-state index contributed by atoms with van der Waals surface area (Å²) < 4.78 is 0. The Morgan fingerprint density at radius 2 is 2.25 bits per heavy atom. The summed E-state index contributed by atoms with van der Waals surface area (Å²) >= 11 is 0. The Labute approximate surface area is 95.9 Å². The number of hydrogen-bond donors (Lipinski definition) is 1. The van der Waals surface area contributed by atoms with Crippen LogP contribution in [0.3, 0.4) is 0 Å². The van der Waals surface area contributed by atoms with Gasteiger partial charge in [-0.3, -0.25) is 0 Å². The number of benzene rings is 1. The molecule has 1 aromatic carbocycles. The van der Waals surface area contributed by atoms with Crippen molar-refractivity contribution in [2.45, 2.75) is 19.4 Å². The summed E-state index contributed by atoms with van der Waals surface area (Å²) in [7, 11) is 0. The molecule has 0 radical (unpaired) electrons. The van der Waals surface area contributed by atoms with Crippen LogP contribution in [0.2, 0.25) is 0 Å². The zero-order valence-corrected chi connectivity index (χ0v) is 9.43. The van der Waals surface area contributed by atoms with Crippen LogP contribution >= 0.6 is 0 Å². The minimum Gasteiger partial charge on any atom is -0.396 e. The van der Waals surface area contributed by atoms with E-state index in [0.29, 0.717) is 17.5 Å². The van der Waals surface area contributed by atoms with E-state index in [1.165, 1.54) is 0 Å². The van der Waals surface area contributed by atoms with Crippen molar-refractivity contribution in [2.24, 2.45) is 5.92 Å². The summed E-state index contributed by atoms with van der Waals surface area (Å²) in [5.74, 6) is 0.326. The first-order chi connectivity index (χ1) is 7.77. The van der Waals surface area contributed by atoms with Crippen LogP contribution in [0.4, 0.5) is 5.69 Å². The summed E-state index contributed by atoms with van der Waals surface area (Å²) in [6, 6.07) is 10.2. The first kappa shape index (κ1) is 11.0. The Morgan fingerprint density at radius 3 is 2.88 bits per heavy atom. The van der Waals surface area contributed by atoms with Crippen molar-refractivity contribution in [3.8, 4) is 6.07 Å². The molecule has 0 spiro atoms. The number of hydrogen-bond acceptors (Lipinski definition) is 3. The molecule has 0 amide bonds. The van der Waals surface area contributed by atoms with Gasteiger partial charge in [0, 0.05) is 25.1 Å². The zero-order chi connectivity index (χ0) is 11.5. The van der Waals surface area contributed by atoms with Crippen molar-refractivity contribution >= 4 is 5.69 Å². The van der Waals surface area contributed by atoms with Gasteiger partial charge in [-0.15, -0.1) is 0 Å². The molecule has 3 heteroatoms. The predicted molar refractivity (Wildman–Crippen MR) is 63.2 cm³/mol. The molecule has 1 heterocycles. The molecule has 2 atom stereocenters. The molecule has 0 aliphatic carbocycles. The Balaban J connectivity index is 2.29. The van der Waals surface area contributed by atoms with Gasteiger partial charge in [0.05, 0.1) is 11.3 Å². The van der Waals surface area contributed by atoms with Gasteiger partial charge in [0.2, 0.25) is 0 Å². The topological polar surface area (TPSA) is 47.3 Å². The molecule has 3 nitrogen and oxygen atoms in total. The van der Waals surface area contributed by atoms with Crippen LogP contribution < -0.4 is 4.90 Å². The smallest absolute Gasteiger partial charge is 0.101 e. The molecular formula is C13H16N2O. The van der Waals surface area contributed by atoms with Crippen LogP contribution in [0.5, 0.6) is 0 Å². The van der Waals surface area contributed by atoms with E-state index in [1.54, 1.807) is 0 Å². The lowest BCUT2D eigenvalue weighted by Crippen LogP contribution is -2.31. The summed E-state index contributed by atoms with van der Waals surface area (Å²) in [4.78, 5) is 2.22. The fourth-order valence-electron chi connectivity index (χ4n) is 2.41. The monoisotopic (exact) mass is 216 g/mol. The van der Waals surface area contributed by atoms with Gasteiger partial charge in [-0.2, -0.15) is 5.26 Å². The van der Waals surface area contributed by atoms with Crippen LogP contribution in [0.15, 0.2) is 24.3 Å². The van der Waals surface area contributed by atoms with Gasteiger partial charge in [0.15, 0.2) is 0 Å². The summed E-state index contributed by atoms with van der Waals surface area (Å²) in [5, 5.41) is 18.3. The number of anilines is 1. The highest BCUT2D eigenvalue weighted by molar-refractivity contribution is 5.60. The van der Waals surface area contributed by atoms with Crippen LogP contribution in [0.25, 0.3) is 0 Å². The number of rotatable bonds is 2. The highest BCUT2D eigenvalue weighted by atomic mass is 16.3. The molecule has 1 aromatic rings. The molecule has 2 unspecified atom stereocenters. The van der Waals surface area contributed by atoms with E-state index < -0.39 is 0 Å². The second-order valence-corrected chi connectivity index (χ2v) is 4.29. The maximum atomic E-state index is 9.24. The van der Waals surface area contributed by atoms with Crippen molar-refractivity contribution in [3.63, 3.8) is 0 Å². The normalized spacial score (nSPS) is 24.4. The second-order valence-electron chi connectivity index (χ2n) is 4.29. The molecule has 1 saturated heterocycles. The Hall–Kier alpha value is -1.53. The molecule has 0 bridgehead atoms. The molecule has 1 fully saturated rings. The maximum Gasteiger partial charge on any atom is 0.101 e. The van der Waals surface area contributed by atoms with Gasteiger partial charge in [0.1, 0.15) is 6.07 Å². The standard InChI is InChI=1S/C13H16N2O/c1-10-12(9-16)6-7-15(10)13-5-3-2-4-11(13)8-14/h2-5,10,12,16H,6-7,9H2,1H3. The van der Waals surface area contributed by atoms with Crippen molar-refractivity contribution in [2.75, 3.05) is 18.1 Å². The number of aliphatic hydroxyl groups excluding tert-OH is 1. The van der Waals surface area contributed by atoms with E-state index in [1.807, 2.05) is 24.3 Å². The minimum atomic E-state index is 0.229. The van der Waals surface area contributed by atoms with Gasteiger partial charge in [0.25, 0.3) is 0 Å². The molecule has 16 heavy (non-hydrogen) atoms. The highest BCUT2D eigenvalue weighted by Gasteiger charge is 2.31. The molecular weight excluding hydrogens is 200 g/mol. The number of nitriles is 1. The van der Waals surface area contributed by atoms with Crippen molar-refractivity contribution < 1.29 is 5.11 Å². The lowest BCUT2D eigenvalue weighted by atomic mass is 10.0. The largest absolute Gasteiger partial charge is 0.396 e. The Kier molecular flexibility index (Phi) is 3.12. The summed E-state index contributed by atoms with van der Waals surface area (Å²) in [6.45, 7) is 3.26. The SMILES string of the molecule is CC1C(CO)CCN1c1ccccc1C#N. The maximum absolute atomic E-state index is 9.24. The molecule has 1 aliphatic heterocycles. The van der Waals surface area contributed by atoms with Gasteiger partial charge in [-0.1, -0.05) is 12.1 Å². The highest BCUT2D eigenvalue weighted by Crippen LogP contribution is 2.31. The van der Waals surface area contributed by atoms with E-state index in [0.717, 1.165) is 18.7 Å². The second kappa shape index (κ2) is 4.54. The number of para-hydroxylation sites is 1. The van der Waals surface area contributed by atoms with Crippen LogP contribution in [-0.2, 0) is 0 Å². The first-order valence-electron chi connectivity index (χ1n) is 5.64. The first-order valence-corrected chi connectivity index (χ1v) is 5.64. The van der Waals surface area contributed by atoms with E-state index in [4.69, 9.17) is 5.26 Å². The molecule has 1 aliphatic rings. The van der Waals surface area contributed by atoms with Crippen molar-refractivity contribution in [1.29, 1.82) is 5.26 Å². The lowest BCUT2D eigenvalue weighted by molar-refractivity contribution is 0.221. The minimum absolute atomic E-state index is 0.229. The van der Waals surface area contributed by atoms with E-state index >= 15 is 0 Å². The van der Waals surface area contributed by atoms with Crippen LogP contribution in [0.1, 0.15) is 18.9 Å². The van der Waals surface area contributed by atoms with Gasteiger partial charge < -0.3 is 10.0 Å². The van der Waals surface area contributed by atoms with Crippen molar-refractivity contribution in [3.05, 3.63) is 29.8 Å². The van der Waals surface area contributed by atoms with E-state index in [-0.39, 0.29) is 6.61 Å². The van der Waals surface area contributed by atoms with Gasteiger partial charge in [-0.05, 0) is 25.5 Å². The molecule has 0 saturated carbocycles. The van der Waals surface area contributed by atoms with Crippen LogP contribution in [0, 0.1) is 17.2 Å². The average molecular weight is 216 g/mol. The molecule has 1 N–H and O–H groups in total. The summed E-state index contributed by atoms with van der Waals surface area (Å²) in [5.41, 5.74) is 1.71. The van der Waals surface area contributed by atoms with E-state index in [9.17, 15) is 5.11 Å². The lowest BCUT2D eigenvalue weighted by Gasteiger charge is -2.26. The summed E-state index contributed by atoms with van der Waals surface area (Å²) in [6.07, 6.45) is 0.997. The molecule has 2 rings (SSSR count). The molecule has 84 valence electrons. The number of aliphatic hydroxyl groups is 1. The van der Waals surface area contributed by atoms with Gasteiger partial charge >= 0.3 is 0 Å². The number of nitrogens with zero attached hydrogens (tertiary/aromatic N) is 2. The quantitative estimate of drug-likeness (QED) is 0.819.